The molecule has 7 heteroatoms. The van der Waals surface area contributed by atoms with E-state index in [1.165, 1.54) is 24.1 Å². The third-order valence-corrected chi connectivity index (χ3v) is 7.08. The van der Waals surface area contributed by atoms with Crippen molar-refractivity contribution < 1.29 is 17.9 Å². The van der Waals surface area contributed by atoms with E-state index in [1.54, 1.807) is 12.1 Å². The molecule has 0 aromatic heterocycles. The zero-order valence-corrected chi connectivity index (χ0v) is 18.9. The maximum Gasteiger partial charge on any atom is 0.258 e. The predicted molar refractivity (Wildman–Crippen MR) is 121 cm³/mol. The van der Waals surface area contributed by atoms with Crippen LogP contribution < -0.4 is 14.8 Å². The van der Waals surface area contributed by atoms with Gasteiger partial charge >= 0.3 is 0 Å². The van der Waals surface area contributed by atoms with E-state index in [1.807, 2.05) is 25.1 Å². The highest BCUT2D eigenvalue weighted by molar-refractivity contribution is 7.89. The number of carbonyl (C=O) groups is 1. The molecule has 0 saturated heterocycles. The number of hydrogen-bond acceptors (Lipinski definition) is 4. The summed E-state index contributed by atoms with van der Waals surface area (Å²) in [5, 5.41) is 2.93. The number of hydrogen-bond donors (Lipinski definition) is 2. The SMILES string of the molecule is C[C@H](CCc1ccccc1)NC(=O)COc1ccc(S(=O)(=O)NC2CCCCC2)cc1. The Morgan fingerprint density at radius 3 is 2.39 bits per heavy atom. The van der Waals surface area contributed by atoms with Crippen LogP contribution in [0.2, 0.25) is 0 Å². The van der Waals surface area contributed by atoms with Gasteiger partial charge in [-0.1, -0.05) is 49.6 Å². The Balaban J connectivity index is 1.42. The molecule has 2 aromatic carbocycles. The minimum absolute atomic E-state index is 0.0160. The molecular weight excluding hydrogens is 412 g/mol. The van der Waals surface area contributed by atoms with Gasteiger partial charge in [0.1, 0.15) is 5.75 Å². The molecule has 0 bridgehead atoms. The molecule has 0 radical (unpaired) electrons. The first-order valence-corrected chi connectivity index (χ1v) is 12.5. The van der Waals surface area contributed by atoms with Crippen molar-refractivity contribution in [1.82, 2.24) is 10.0 Å². The first-order valence-electron chi connectivity index (χ1n) is 11.0. The molecule has 1 saturated carbocycles. The standard InChI is InChI=1S/C24H32N2O4S/c1-19(12-13-20-8-4-2-5-9-20)25-24(27)18-30-22-14-16-23(17-15-22)31(28,29)26-21-10-6-3-7-11-21/h2,4-5,8-9,14-17,19,21,26H,3,6-7,10-13,18H2,1H3,(H,25,27)/t19-/m1/s1. The fraction of sp³-hybridized carbons (Fsp3) is 0.458. The Bertz CT molecular complexity index is 924. The number of aryl methyl sites for hydroxylation is 1. The van der Waals surface area contributed by atoms with Gasteiger partial charge in [0.05, 0.1) is 4.90 Å². The maximum absolute atomic E-state index is 12.5. The van der Waals surface area contributed by atoms with E-state index in [0.29, 0.717) is 5.75 Å². The normalized spacial score (nSPS) is 15.9. The van der Waals surface area contributed by atoms with Crippen LogP contribution in [0.5, 0.6) is 5.75 Å². The van der Waals surface area contributed by atoms with Crippen molar-refractivity contribution >= 4 is 15.9 Å². The molecule has 168 valence electrons. The molecule has 0 spiro atoms. The van der Waals surface area contributed by atoms with Gasteiger partial charge in [-0.05, 0) is 62.4 Å². The molecule has 0 unspecified atom stereocenters. The second-order valence-corrected chi connectivity index (χ2v) is 9.92. The molecule has 1 fully saturated rings. The summed E-state index contributed by atoms with van der Waals surface area (Å²) in [6.07, 6.45) is 6.81. The molecule has 1 atom stereocenters. The summed E-state index contributed by atoms with van der Waals surface area (Å²) < 4.78 is 33.4. The lowest BCUT2D eigenvalue weighted by molar-refractivity contribution is -0.123. The summed E-state index contributed by atoms with van der Waals surface area (Å²) in [7, 11) is -3.54. The minimum Gasteiger partial charge on any atom is -0.484 e. The number of sulfonamides is 1. The van der Waals surface area contributed by atoms with E-state index in [0.717, 1.165) is 38.5 Å². The van der Waals surface area contributed by atoms with Crippen molar-refractivity contribution in [1.29, 1.82) is 0 Å². The fourth-order valence-corrected chi connectivity index (χ4v) is 5.09. The molecule has 0 aliphatic heterocycles. The summed E-state index contributed by atoms with van der Waals surface area (Å²) in [5.74, 6) is 0.264. The van der Waals surface area contributed by atoms with E-state index in [2.05, 4.69) is 22.2 Å². The average molecular weight is 445 g/mol. The van der Waals surface area contributed by atoms with Crippen LogP contribution in [0.4, 0.5) is 0 Å². The van der Waals surface area contributed by atoms with Crippen molar-refractivity contribution in [2.45, 2.75) is 68.8 Å². The third-order valence-electron chi connectivity index (χ3n) is 5.55. The third kappa shape index (κ3) is 7.67. The second kappa shape index (κ2) is 11.3. The maximum atomic E-state index is 12.5. The second-order valence-electron chi connectivity index (χ2n) is 8.21. The minimum atomic E-state index is -3.54. The van der Waals surface area contributed by atoms with Crippen LogP contribution in [-0.2, 0) is 21.2 Å². The smallest absolute Gasteiger partial charge is 0.258 e. The molecule has 6 nitrogen and oxygen atoms in total. The van der Waals surface area contributed by atoms with E-state index in [4.69, 9.17) is 4.74 Å². The lowest BCUT2D eigenvalue weighted by Crippen LogP contribution is -2.36. The molecule has 3 rings (SSSR count). The quantitative estimate of drug-likeness (QED) is 0.584. The highest BCUT2D eigenvalue weighted by Crippen LogP contribution is 2.21. The van der Waals surface area contributed by atoms with Crippen LogP contribution in [0, 0.1) is 0 Å². The average Bonchev–Trinajstić information content (AvgIpc) is 2.78. The number of carbonyl (C=O) groups excluding carboxylic acids is 1. The van der Waals surface area contributed by atoms with E-state index in [-0.39, 0.29) is 29.5 Å². The van der Waals surface area contributed by atoms with Crippen LogP contribution in [0.1, 0.15) is 51.0 Å². The van der Waals surface area contributed by atoms with Crippen molar-refractivity contribution in [2.24, 2.45) is 0 Å². The monoisotopic (exact) mass is 444 g/mol. The Labute approximate surface area is 185 Å². The van der Waals surface area contributed by atoms with Crippen molar-refractivity contribution in [2.75, 3.05) is 6.61 Å². The van der Waals surface area contributed by atoms with Gasteiger partial charge in [-0.15, -0.1) is 0 Å². The van der Waals surface area contributed by atoms with Gasteiger partial charge < -0.3 is 10.1 Å². The molecule has 2 aromatic rings. The Morgan fingerprint density at radius 2 is 1.71 bits per heavy atom. The van der Waals surface area contributed by atoms with Gasteiger partial charge in [-0.2, -0.15) is 0 Å². The molecule has 1 aliphatic rings. The Hall–Kier alpha value is -2.38. The first-order chi connectivity index (χ1) is 14.9. The Kier molecular flexibility index (Phi) is 8.49. The summed E-state index contributed by atoms with van der Waals surface area (Å²) in [5.41, 5.74) is 1.24. The molecule has 2 N–H and O–H groups in total. The van der Waals surface area contributed by atoms with Gasteiger partial charge in [0.15, 0.2) is 6.61 Å². The highest BCUT2D eigenvalue weighted by Gasteiger charge is 2.21. The topological polar surface area (TPSA) is 84.5 Å². The number of nitrogens with one attached hydrogen (secondary N) is 2. The van der Waals surface area contributed by atoms with Crippen LogP contribution in [0.15, 0.2) is 59.5 Å². The summed E-state index contributed by atoms with van der Waals surface area (Å²) in [6, 6.07) is 16.4. The summed E-state index contributed by atoms with van der Waals surface area (Å²) >= 11 is 0. The molecule has 1 aliphatic carbocycles. The number of benzene rings is 2. The van der Waals surface area contributed by atoms with Crippen LogP contribution >= 0.6 is 0 Å². The number of amides is 1. The zero-order chi connectivity index (χ0) is 22.1. The van der Waals surface area contributed by atoms with Crippen molar-refractivity contribution in [3.63, 3.8) is 0 Å². The van der Waals surface area contributed by atoms with Gasteiger partial charge in [0, 0.05) is 12.1 Å². The molecule has 1 amide bonds. The van der Waals surface area contributed by atoms with Crippen LogP contribution in [0.3, 0.4) is 0 Å². The summed E-state index contributed by atoms with van der Waals surface area (Å²) in [4.78, 5) is 12.4. The molecule has 31 heavy (non-hydrogen) atoms. The summed E-state index contributed by atoms with van der Waals surface area (Å²) in [6.45, 7) is 1.86. The lowest BCUT2D eigenvalue weighted by atomic mass is 9.96. The molecule has 0 heterocycles. The fourth-order valence-electron chi connectivity index (χ4n) is 3.79. The number of ether oxygens (including phenoxy) is 1. The van der Waals surface area contributed by atoms with Gasteiger partial charge in [-0.25, -0.2) is 13.1 Å². The zero-order valence-electron chi connectivity index (χ0n) is 18.0. The Morgan fingerprint density at radius 1 is 1.03 bits per heavy atom. The van der Waals surface area contributed by atoms with E-state index < -0.39 is 10.0 Å². The van der Waals surface area contributed by atoms with Crippen molar-refractivity contribution in [3.05, 3.63) is 60.2 Å². The number of rotatable bonds is 10. The van der Waals surface area contributed by atoms with Gasteiger partial charge in [0.25, 0.3) is 5.91 Å². The predicted octanol–water partition coefficient (Wildman–Crippen LogP) is 3.81. The molecular formula is C24H32N2O4S. The van der Waals surface area contributed by atoms with E-state index >= 15 is 0 Å². The van der Waals surface area contributed by atoms with Crippen molar-refractivity contribution in [3.8, 4) is 5.75 Å². The largest absolute Gasteiger partial charge is 0.484 e. The van der Waals surface area contributed by atoms with E-state index in [9.17, 15) is 13.2 Å². The first kappa shape index (κ1) is 23.3. The van der Waals surface area contributed by atoms with Gasteiger partial charge in [-0.3, -0.25) is 4.79 Å². The van der Waals surface area contributed by atoms with Gasteiger partial charge in [0.2, 0.25) is 10.0 Å². The van der Waals surface area contributed by atoms with Crippen LogP contribution in [-0.4, -0.2) is 33.0 Å². The highest BCUT2D eigenvalue weighted by atomic mass is 32.2. The lowest BCUT2D eigenvalue weighted by Gasteiger charge is -2.22. The van der Waals surface area contributed by atoms with Crippen LogP contribution in [0.25, 0.3) is 0 Å².